The number of nitriles is 1. The molecule has 0 bridgehead atoms. The van der Waals surface area contributed by atoms with E-state index < -0.39 is 5.97 Å². The van der Waals surface area contributed by atoms with Crippen LogP contribution in [0.1, 0.15) is 5.56 Å². The maximum absolute atomic E-state index is 11.5. The Morgan fingerprint density at radius 3 is 2.82 bits per heavy atom. The molecule has 0 aromatic heterocycles. The SMILES string of the molecule is COC(=O)C(=COCC#N)c1ccccc1O. The average molecular weight is 233 g/mol. The van der Waals surface area contributed by atoms with Crippen LogP contribution < -0.4 is 0 Å². The molecule has 0 amide bonds. The summed E-state index contributed by atoms with van der Waals surface area (Å²) in [7, 11) is 1.22. The molecule has 0 aliphatic rings. The number of aromatic hydroxyl groups is 1. The summed E-state index contributed by atoms with van der Waals surface area (Å²) >= 11 is 0. The van der Waals surface area contributed by atoms with Gasteiger partial charge in [-0.1, -0.05) is 18.2 Å². The van der Waals surface area contributed by atoms with Crippen LogP contribution >= 0.6 is 0 Å². The highest BCUT2D eigenvalue weighted by Gasteiger charge is 2.16. The number of para-hydroxylation sites is 1. The van der Waals surface area contributed by atoms with Gasteiger partial charge in [-0.05, 0) is 6.07 Å². The summed E-state index contributed by atoms with van der Waals surface area (Å²) in [5.74, 6) is -0.714. The van der Waals surface area contributed by atoms with Crippen LogP contribution in [0.4, 0.5) is 0 Å². The van der Waals surface area contributed by atoms with Crippen molar-refractivity contribution in [3.8, 4) is 11.8 Å². The molecule has 0 saturated carbocycles. The summed E-state index contributed by atoms with van der Waals surface area (Å²) in [6.45, 7) is -0.186. The number of carbonyl (C=O) groups excluding carboxylic acids is 1. The molecule has 0 radical (unpaired) electrons. The number of hydrogen-bond acceptors (Lipinski definition) is 5. The molecule has 0 fully saturated rings. The van der Waals surface area contributed by atoms with Crippen molar-refractivity contribution in [1.29, 1.82) is 5.26 Å². The number of ether oxygens (including phenoxy) is 2. The minimum atomic E-state index is -0.649. The molecule has 0 heterocycles. The molecule has 5 heteroatoms. The van der Waals surface area contributed by atoms with Gasteiger partial charge in [0.1, 0.15) is 17.4 Å². The monoisotopic (exact) mass is 233 g/mol. The topological polar surface area (TPSA) is 79.5 Å². The Bertz CT molecular complexity index is 474. The molecule has 17 heavy (non-hydrogen) atoms. The van der Waals surface area contributed by atoms with Crippen molar-refractivity contribution in [2.75, 3.05) is 13.7 Å². The summed E-state index contributed by atoms with van der Waals surface area (Å²) in [4.78, 5) is 11.5. The lowest BCUT2D eigenvalue weighted by Gasteiger charge is -2.07. The van der Waals surface area contributed by atoms with Crippen LogP contribution in [0.25, 0.3) is 5.57 Å². The van der Waals surface area contributed by atoms with E-state index in [4.69, 9.17) is 10.00 Å². The van der Waals surface area contributed by atoms with Gasteiger partial charge in [0, 0.05) is 5.56 Å². The van der Waals surface area contributed by atoms with Crippen LogP contribution in [-0.4, -0.2) is 24.8 Å². The number of carbonyl (C=O) groups is 1. The summed E-state index contributed by atoms with van der Waals surface area (Å²) in [6.07, 6.45) is 1.10. The van der Waals surface area contributed by atoms with Gasteiger partial charge in [-0.2, -0.15) is 5.26 Å². The third-order valence-corrected chi connectivity index (χ3v) is 1.95. The van der Waals surface area contributed by atoms with Gasteiger partial charge in [-0.15, -0.1) is 0 Å². The van der Waals surface area contributed by atoms with Crippen molar-refractivity contribution in [2.24, 2.45) is 0 Å². The van der Waals surface area contributed by atoms with Gasteiger partial charge in [-0.25, -0.2) is 4.79 Å². The summed E-state index contributed by atoms with van der Waals surface area (Å²) in [5, 5.41) is 17.9. The van der Waals surface area contributed by atoms with E-state index in [1.165, 1.54) is 13.2 Å². The number of nitrogens with zero attached hydrogens (tertiary/aromatic N) is 1. The van der Waals surface area contributed by atoms with Crippen molar-refractivity contribution in [1.82, 2.24) is 0 Å². The zero-order chi connectivity index (χ0) is 12.7. The second-order valence-electron chi connectivity index (χ2n) is 3.01. The maximum Gasteiger partial charge on any atom is 0.341 e. The second-order valence-corrected chi connectivity index (χ2v) is 3.01. The molecule has 0 aliphatic heterocycles. The first-order valence-corrected chi connectivity index (χ1v) is 4.76. The highest BCUT2D eigenvalue weighted by molar-refractivity contribution is 6.16. The van der Waals surface area contributed by atoms with Gasteiger partial charge >= 0.3 is 5.97 Å². The van der Waals surface area contributed by atoms with Gasteiger partial charge in [0.2, 0.25) is 0 Å². The number of esters is 1. The van der Waals surface area contributed by atoms with E-state index in [0.29, 0.717) is 0 Å². The Morgan fingerprint density at radius 2 is 2.24 bits per heavy atom. The van der Waals surface area contributed by atoms with Gasteiger partial charge in [0.05, 0.1) is 13.4 Å². The molecular weight excluding hydrogens is 222 g/mol. The van der Waals surface area contributed by atoms with Crippen molar-refractivity contribution in [3.05, 3.63) is 36.1 Å². The minimum Gasteiger partial charge on any atom is -0.507 e. The van der Waals surface area contributed by atoms with Crippen LogP contribution in [0, 0.1) is 11.3 Å². The number of phenolic OH excluding ortho intramolecular Hbond substituents is 1. The van der Waals surface area contributed by atoms with E-state index in [1.807, 2.05) is 0 Å². The van der Waals surface area contributed by atoms with Gasteiger partial charge in [0.25, 0.3) is 0 Å². The zero-order valence-electron chi connectivity index (χ0n) is 9.21. The molecule has 1 N–H and O–H groups in total. The van der Waals surface area contributed by atoms with Crippen LogP contribution in [0.2, 0.25) is 0 Å². The quantitative estimate of drug-likeness (QED) is 0.368. The van der Waals surface area contributed by atoms with E-state index >= 15 is 0 Å². The molecule has 0 spiro atoms. The first-order valence-electron chi connectivity index (χ1n) is 4.76. The molecule has 0 atom stereocenters. The minimum absolute atomic E-state index is 0.0563. The Hall–Kier alpha value is -2.48. The standard InChI is InChI=1S/C12H11NO4/c1-16-12(15)10(8-17-7-6-13)9-4-2-3-5-11(9)14/h2-5,8,14H,7H2,1H3. The molecule has 0 unspecified atom stereocenters. The molecule has 0 aliphatic carbocycles. The molecular formula is C12H11NO4. The van der Waals surface area contributed by atoms with Crippen LogP contribution in [0.5, 0.6) is 5.75 Å². The van der Waals surface area contributed by atoms with Crippen LogP contribution in [0.15, 0.2) is 30.5 Å². The lowest BCUT2D eigenvalue weighted by atomic mass is 10.1. The normalized spacial score (nSPS) is 10.5. The van der Waals surface area contributed by atoms with Crippen molar-refractivity contribution < 1.29 is 19.4 Å². The molecule has 5 nitrogen and oxygen atoms in total. The van der Waals surface area contributed by atoms with E-state index in [9.17, 15) is 9.90 Å². The van der Waals surface area contributed by atoms with E-state index in [-0.39, 0.29) is 23.5 Å². The van der Waals surface area contributed by atoms with Crippen LogP contribution in [-0.2, 0) is 14.3 Å². The smallest absolute Gasteiger partial charge is 0.341 e. The van der Waals surface area contributed by atoms with Crippen molar-refractivity contribution >= 4 is 11.5 Å². The van der Waals surface area contributed by atoms with E-state index in [2.05, 4.69) is 4.74 Å². The van der Waals surface area contributed by atoms with Crippen LogP contribution in [0.3, 0.4) is 0 Å². The summed E-state index contributed by atoms with van der Waals surface area (Å²) in [6, 6.07) is 8.05. The second kappa shape index (κ2) is 6.18. The average Bonchev–Trinajstić information content (AvgIpc) is 2.35. The molecule has 0 saturated heterocycles. The summed E-state index contributed by atoms with van der Waals surface area (Å²) in [5.41, 5.74) is 0.345. The van der Waals surface area contributed by atoms with E-state index in [0.717, 1.165) is 6.26 Å². The van der Waals surface area contributed by atoms with Gasteiger partial charge in [-0.3, -0.25) is 0 Å². The third kappa shape index (κ3) is 3.24. The predicted octanol–water partition coefficient (Wildman–Crippen LogP) is 1.45. The Labute approximate surface area is 98.5 Å². The fraction of sp³-hybridized carbons (Fsp3) is 0.167. The predicted molar refractivity (Wildman–Crippen MR) is 59.7 cm³/mol. The number of methoxy groups -OCH3 is 1. The molecule has 1 rings (SSSR count). The van der Waals surface area contributed by atoms with Crippen molar-refractivity contribution in [3.63, 3.8) is 0 Å². The first-order chi connectivity index (χ1) is 8.20. The van der Waals surface area contributed by atoms with Crippen molar-refractivity contribution in [2.45, 2.75) is 0 Å². The maximum atomic E-state index is 11.5. The Kier molecular flexibility index (Phi) is 4.58. The number of hydrogen-bond donors (Lipinski definition) is 1. The number of rotatable bonds is 4. The molecule has 1 aromatic rings. The third-order valence-electron chi connectivity index (χ3n) is 1.95. The van der Waals surface area contributed by atoms with Gasteiger partial charge < -0.3 is 14.6 Å². The molecule has 88 valence electrons. The number of phenols is 1. The summed E-state index contributed by atoms with van der Waals surface area (Å²) < 4.78 is 9.41. The molecule has 1 aromatic carbocycles. The highest BCUT2D eigenvalue weighted by atomic mass is 16.5. The lowest BCUT2D eigenvalue weighted by Crippen LogP contribution is -2.05. The Morgan fingerprint density at radius 1 is 1.53 bits per heavy atom. The first kappa shape index (κ1) is 12.6. The fourth-order valence-corrected chi connectivity index (χ4v) is 1.20. The Balaban J connectivity index is 3.08. The zero-order valence-corrected chi connectivity index (χ0v) is 9.21. The van der Waals surface area contributed by atoms with Gasteiger partial charge in [0.15, 0.2) is 6.61 Å². The lowest BCUT2D eigenvalue weighted by molar-refractivity contribution is -0.133. The van der Waals surface area contributed by atoms with E-state index in [1.54, 1.807) is 24.3 Å². The highest BCUT2D eigenvalue weighted by Crippen LogP contribution is 2.25. The largest absolute Gasteiger partial charge is 0.507 e. The number of benzene rings is 1. The fourth-order valence-electron chi connectivity index (χ4n) is 1.20.